The summed E-state index contributed by atoms with van der Waals surface area (Å²) >= 11 is 0. The molecule has 0 aliphatic carbocycles. The monoisotopic (exact) mass is 154 g/mol. The van der Waals surface area contributed by atoms with Crippen LogP contribution in [0, 0.1) is 18.3 Å². The minimum absolute atomic E-state index is 0.731. The first-order valence-electron chi connectivity index (χ1n) is 3.01. The summed E-state index contributed by atoms with van der Waals surface area (Å²) in [4.78, 5) is 10.4. The Labute approximate surface area is 65.7 Å². The van der Waals surface area contributed by atoms with Gasteiger partial charge in [-0.2, -0.15) is 0 Å². The highest BCUT2D eigenvalue weighted by Gasteiger charge is 2.22. The number of carbonyl (C=O) groups is 1. The normalized spacial score (nSPS) is 14.5. The van der Waals surface area contributed by atoms with Gasteiger partial charge >= 0.3 is 5.97 Å². The predicted molar refractivity (Wildman–Crippen MR) is 41.0 cm³/mol. The van der Waals surface area contributed by atoms with E-state index in [1.54, 1.807) is 0 Å². The van der Waals surface area contributed by atoms with E-state index in [0.29, 0.717) is 0 Å². The highest BCUT2D eigenvalue weighted by molar-refractivity contribution is 5.73. The van der Waals surface area contributed by atoms with Crippen molar-refractivity contribution in [1.29, 1.82) is 0 Å². The molecule has 0 bridgehead atoms. The van der Waals surface area contributed by atoms with Gasteiger partial charge in [0.2, 0.25) is 0 Å². The summed E-state index contributed by atoms with van der Waals surface area (Å²) in [6, 6.07) is 0. The number of ether oxygens (including phenoxy) is 1. The average molecular weight is 154 g/mol. The van der Waals surface area contributed by atoms with Crippen LogP contribution in [0.5, 0.6) is 0 Å². The first-order chi connectivity index (χ1) is 5.17. The molecule has 0 aromatic rings. The SMILES string of the molecule is C#CC(OC)C(C=C)C(=O)O. The van der Waals surface area contributed by atoms with Crippen LogP contribution in [-0.4, -0.2) is 24.3 Å². The maximum atomic E-state index is 10.4. The predicted octanol–water partition coefficient (Wildman–Crippen LogP) is 0.521. The number of rotatable bonds is 4. The highest BCUT2D eigenvalue weighted by Crippen LogP contribution is 2.07. The molecule has 0 saturated heterocycles. The zero-order chi connectivity index (χ0) is 8.85. The summed E-state index contributed by atoms with van der Waals surface area (Å²) in [6.07, 6.45) is 5.54. The molecule has 1 N–H and O–H groups in total. The second kappa shape index (κ2) is 4.53. The van der Waals surface area contributed by atoms with E-state index in [4.69, 9.17) is 16.3 Å². The van der Waals surface area contributed by atoms with E-state index in [1.807, 2.05) is 0 Å². The van der Waals surface area contributed by atoms with Gasteiger partial charge in [0.1, 0.15) is 12.0 Å². The lowest BCUT2D eigenvalue weighted by molar-refractivity contribution is -0.142. The molecule has 3 heteroatoms. The van der Waals surface area contributed by atoms with Crippen LogP contribution in [0.4, 0.5) is 0 Å². The molecule has 0 aliphatic heterocycles. The second-order valence-electron chi connectivity index (χ2n) is 1.92. The number of methoxy groups -OCH3 is 1. The molecule has 0 saturated carbocycles. The fourth-order valence-electron chi connectivity index (χ4n) is 0.672. The number of aliphatic carboxylic acids is 1. The van der Waals surface area contributed by atoms with E-state index in [1.165, 1.54) is 13.2 Å². The Morgan fingerprint density at radius 1 is 1.91 bits per heavy atom. The molecule has 0 aliphatic rings. The van der Waals surface area contributed by atoms with Crippen molar-refractivity contribution in [3.8, 4) is 12.3 Å². The molecule has 0 radical (unpaired) electrons. The molecule has 11 heavy (non-hydrogen) atoms. The van der Waals surface area contributed by atoms with Gasteiger partial charge < -0.3 is 9.84 Å². The van der Waals surface area contributed by atoms with E-state index >= 15 is 0 Å². The van der Waals surface area contributed by atoms with Gasteiger partial charge in [0.15, 0.2) is 0 Å². The van der Waals surface area contributed by atoms with Crippen molar-refractivity contribution in [3.63, 3.8) is 0 Å². The van der Waals surface area contributed by atoms with Crippen molar-refractivity contribution in [2.45, 2.75) is 6.10 Å². The Bertz CT molecular complexity index is 190. The zero-order valence-corrected chi connectivity index (χ0v) is 6.28. The molecule has 0 spiro atoms. The molecule has 0 heterocycles. The second-order valence-corrected chi connectivity index (χ2v) is 1.92. The van der Waals surface area contributed by atoms with Gasteiger partial charge in [-0.1, -0.05) is 12.0 Å². The highest BCUT2D eigenvalue weighted by atomic mass is 16.5. The van der Waals surface area contributed by atoms with Gasteiger partial charge in [0.05, 0.1) is 0 Å². The Balaban J connectivity index is 4.36. The summed E-state index contributed by atoms with van der Waals surface area (Å²) in [5, 5.41) is 8.56. The lowest BCUT2D eigenvalue weighted by Gasteiger charge is -2.12. The van der Waals surface area contributed by atoms with Crippen molar-refractivity contribution in [3.05, 3.63) is 12.7 Å². The van der Waals surface area contributed by atoms with Crippen LogP contribution in [0.2, 0.25) is 0 Å². The summed E-state index contributed by atoms with van der Waals surface area (Å²) in [5.74, 6) is 0.358. The molecule has 0 aromatic heterocycles. The third-order valence-electron chi connectivity index (χ3n) is 1.28. The van der Waals surface area contributed by atoms with Gasteiger partial charge in [-0.05, 0) is 0 Å². The summed E-state index contributed by atoms with van der Waals surface area (Å²) in [7, 11) is 1.37. The molecule has 2 atom stereocenters. The van der Waals surface area contributed by atoms with Gasteiger partial charge in [0, 0.05) is 7.11 Å². The fourth-order valence-corrected chi connectivity index (χ4v) is 0.672. The van der Waals surface area contributed by atoms with Gasteiger partial charge in [-0.25, -0.2) is 0 Å². The van der Waals surface area contributed by atoms with Gasteiger partial charge in [-0.15, -0.1) is 13.0 Å². The Morgan fingerprint density at radius 2 is 2.45 bits per heavy atom. The van der Waals surface area contributed by atoms with Crippen molar-refractivity contribution in [1.82, 2.24) is 0 Å². The van der Waals surface area contributed by atoms with E-state index in [-0.39, 0.29) is 0 Å². The molecule has 0 amide bonds. The number of carboxylic acid groups (broad SMARTS) is 1. The van der Waals surface area contributed by atoms with Gasteiger partial charge in [0.25, 0.3) is 0 Å². The molecular formula is C8H10O3. The van der Waals surface area contributed by atoms with Crippen LogP contribution in [0.15, 0.2) is 12.7 Å². The first kappa shape index (κ1) is 9.73. The summed E-state index contributed by atoms with van der Waals surface area (Å²) < 4.78 is 4.73. The van der Waals surface area contributed by atoms with E-state index in [9.17, 15) is 4.79 Å². The lowest BCUT2D eigenvalue weighted by Crippen LogP contribution is -2.26. The Kier molecular flexibility index (Phi) is 4.01. The van der Waals surface area contributed by atoms with Crippen LogP contribution in [0.1, 0.15) is 0 Å². The van der Waals surface area contributed by atoms with E-state index in [0.717, 1.165) is 0 Å². The number of hydrogen-bond donors (Lipinski definition) is 1. The maximum Gasteiger partial charge on any atom is 0.314 e. The molecule has 60 valence electrons. The van der Waals surface area contributed by atoms with Crippen LogP contribution < -0.4 is 0 Å². The zero-order valence-electron chi connectivity index (χ0n) is 6.28. The Morgan fingerprint density at radius 3 is 2.55 bits per heavy atom. The topological polar surface area (TPSA) is 46.5 Å². The van der Waals surface area contributed by atoms with Crippen LogP contribution in [0.25, 0.3) is 0 Å². The first-order valence-corrected chi connectivity index (χ1v) is 3.01. The van der Waals surface area contributed by atoms with Crippen LogP contribution >= 0.6 is 0 Å². The fraction of sp³-hybridized carbons (Fsp3) is 0.375. The van der Waals surface area contributed by atoms with Gasteiger partial charge in [-0.3, -0.25) is 4.79 Å². The quantitative estimate of drug-likeness (QED) is 0.474. The lowest BCUT2D eigenvalue weighted by atomic mass is 10.0. The van der Waals surface area contributed by atoms with Crippen LogP contribution in [-0.2, 0) is 9.53 Å². The smallest absolute Gasteiger partial charge is 0.314 e. The van der Waals surface area contributed by atoms with E-state index in [2.05, 4.69) is 12.5 Å². The molecule has 3 nitrogen and oxygen atoms in total. The van der Waals surface area contributed by atoms with Crippen molar-refractivity contribution in [2.24, 2.45) is 5.92 Å². The largest absolute Gasteiger partial charge is 0.481 e. The van der Waals surface area contributed by atoms with Crippen molar-refractivity contribution >= 4 is 5.97 Å². The van der Waals surface area contributed by atoms with E-state index < -0.39 is 18.0 Å². The third kappa shape index (κ3) is 2.44. The molecule has 0 fully saturated rings. The Hall–Kier alpha value is -1.27. The average Bonchev–Trinajstić information content (AvgIpc) is 1.99. The number of terminal acetylenes is 1. The number of hydrogen-bond acceptors (Lipinski definition) is 2. The molecule has 0 aromatic carbocycles. The van der Waals surface area contributed by atoms with Crippen LogP contribution in [0.3, 0.4) is 0 Å². The molecule has 0 rings (SSSR count). The standard InChI is InChI=1S/C8H10O3/c1-4-6(8(9)10)7(5-2)11-3/h2,4,6-7H,1H2,3H3,(H,9,10). The maximum absolute atomic E-state index is 10.4. The molecular weight excluding hydrogens is 144 g/mol. The van der Waals surface area contributed by atoms with Crippen molar-refractivity contribution < 1.29 is 14.6 Å². The number of carboxylic acids is 1. The molecule has 2 unspecified atom stereocenters. The minimum atomic E-state index is -1.02. The summed E-state index contributed by atoms with van der Waals surface area (Å²) in [5.41, 5.74) is 0. The summed E-state index contributed by atoms with van der Waals surface area (Å²) in [6.45, 7) is 3.34. The third-order valence-corrected chi connectivity index (χ3v) is 1.28. The van der Waals surface area contributed by atoms with Crippen molar-refractivity contribution in [2.75, 3.05) is 7.11 Å². The minimum Gasteiger partial charge on any atom is -0.481 e.